The first-order valence-corrected chi connectivity index (χ1v) is 10.5. The summed E-state index contributed by atoms with van der Waals surface area (Å²) in [6.07, 6.45) is 10.3. The van der Waals surface area contributed by atoms with Gasteiger partial charge in [0.25, 0.3) is 0 Å². The highest BCUT2D eigenvalue weighted by molar-refractivity contribution is 14.0. The minimum absolute atomic E-state index is 0. The third kappa shape index (κ3) is 8.29. The Morgan fingerprint density at radius 2 is 2.07 bits per heavy atom. The number of ether oxygens (including phenoxy) is 2. The number of guanidine groups is 1. The Bertz CT molecular complexity index is 551. The molecule has 3 rings (SSSR count). The Morgan fingerprint density at radius 3 is 2.71 bits per heavy atom. The standard InChI is InChI=1S/C21H35N3O3.HI/c1-16(2)27-19-9-7-17(8-10-19)24-21(23-15-20-6-4-14-26-20)22-12-11-18-5-3-13-25-18;/h3,5,13,16-17,19-20H,4,6-12,14-15H2,1-2H3,(H2,22,23,24);1H. The van der Waals surface area contributed by atoms with Crippen LogP contribution in [0.15, 0.2) is 27.8 Å². The second kappa shape index (κ2) is 12.7. The highest BCUT2D eigenvalue weighted by atomic mass is 127. The minimum atomic E-state index is 0. The lowest BCUT2D eigenvalue weighted by atomic mass is 9.93. The van der Waals surface area contributed by atoms with Gasteiger partial charge in [-0.25, -0.2) is 0 Å². The molecule has 1 aliphatic heterocycles. The van der Waals surface area contributed by atoms with E-state index in [4.69, 9.17) is 18.9 Å². The summed E-state index contributed by atoms with van der Waals surface area (Å²) in [6, 6.07) is 4.39. The van der Waals surface area contributed by atoms with Gasteiger partial charge in [-0.15, -0.1) is 24.0 Å². The van der Waals surface area contributed by atoms with Gasteiger partial charge in [-0.1, -0.05) is 0 Å². The molecule has 2 heterocycles. The molecule has 1 aromatic rings. The molecule has 6 nitrogen and oxygen atoms in total. The van der Waals surface area contributed by atoms with Crippen LogP contribution in [0, 0.1) is 0 Å². The number of rotatable bonds is 8. The topological polar surface area (TPSA) is 68.0 Å². The average Bonchev–Trinajstić information content (AvgIpc) is 3.34. The van der Waals surface area contributed by atoms with Crippen molar-refractivity contribution in [2.24, 2.45) is 4.99 Å². The first-order chi connectivity index (χ1) is 13.2. The summed E-state index contributed by atoms with van der Waals surface area (Å²) < 4.78 is 17.1. The molecule has 160 valence electrons. The smallest absolute Gasteiger partial charge is 0.191 e. The molecule has 2 fully saturated rings. The van der Waals surface area contributed by atoms with Crippen molar-refractivity contribution in [3.8, 4) is 0 Å². The van der Waals surface area contributed by atoms with E-state index in [0.717, 1.165) is 76.4 Å². The van der Waals surface area contributed by atoms with Gasteiger partial charge >= 0.3 is 0 Å². The van der Waals surface area contributed by atoms with Crippen molar-refractivity contribution in [1.29, 1.82) is 0 Å². The fourth-order valence-electron chi connectivity index (χ4n) is 3.81. The fourth-order valence-corrected chi connectivity index (χ4v) is 3.81. The van der Waals surface area contributed by atoms with Crippen LogP contribution in [-0.2, 0) is 15.9 Å². The molecule has 1 unspecified atom stereocenters. The highest BCUT2D eigenvalue weighted by Gasteiger charge is 2.23. The largest absolute Gasteiger partial charge is 0.469 e. The highest BCUT2D eigenvalue weighted by Crippen LogP contribution is 2.22. The van der Waals surface area contributed by atoms with Crippen molar-refractivity contribution in [2.45, 2.75) is 83.1 Å². The van der Waals surface area contributed by atoms with E-state index in [-0.39, 0.29) is 30.1 Å². The van der Waals surface area contributed by atoms with Crippen LogP contribution in [0.5, 0.6) is 0 Å². The molecule has 1 aromatic heterocycles. The molecular weight excluding hydrogens is 469 g/mol. The lowest BCUT2D eigenvalue weighted by molar-refractivity contribution is -0.0152. The molecule has 0 spiro atoms. The maximum Gasteiger partial charge on any atom is 0.191 e. The van der Waals surface area contributed by atoms with Crippen molar-refractivity contribution in [3.63, 3.8) is 0 Å². The molecule has 1 saturated heterocycles. The van der Waals surface area contributed by atoms with Crippen LogP contribution in [0.2, 0.25) is 0 Å². The van der Waals surface area contributed by atoms with E-state index in [1.54, 1.807) is 6.26 Å². The second-order valence-corrected chi connectivity index (χ2v) is 7.88. The molecule has 1 saturated carbocycles. The van der Waals surface area contributed by atoms with E-state index < -0.39 is 0 Å². The quantitative estimate of drug-likeness (QED) is 0.319. The number of nitrogens with zero attached hydrogens (tertiary/aromatic N) is 1. The number of halogens is 1. The number of nitrogens with one attached hydrogen (secondary N) is 2. The summed E-state index contributed by atoms with van der Waals surface area (Å²) in [5.41, 5.74) is 0. The van der Waals surface area contributed by atoms with Gasteiger partial charge in [-0.05, 0) is 64.5 Å². The molecule has 1 aliphatic carbocycles. The van der Waals surface area contributed by atoms with Crippen molar-refractivity contribution >= 4 is 29.9 Å². The molecule has 2 aliphatic rings. The Hall–Kier alpha value is -0.800. The predicted octanol–water partition coefficient (Wildman–Crippen LogP) is 3.89. The number of hydrogen-bond donors (Lipinski definition) is 2. The summed E-state index contributed by atoms with van der Waals surface area (Å²) in [7, 11) is 0. The van der Waals surface area contributed by atoms with E-state index in [1.807, 2.05) is 12.1 Å². The number of aliphatic imine (C=N–C) groups is 1. The normalized spacial score (nSPS) is 25.5. The van der Waals surface area contributed by atoms with E-state index >= 15 is 0 Å². The zero-order valence-electron chi connectivity index (χ0n) is 17.2. The molecule has 0 amide bonds. The van der Waals surface area contributed by atoms with Gasteiger partial charge in [0.15, 0.2) is 5.96 Å². The van der Waals surface area contributed by atoms with E-state index in [2.05, 4.69) is 24.5 Å². The lowest BCUT2D eigenvalue weighted by Crippen LogP contribution is -2.46. The van der Waals surface area contributed by atoms with Crippen LogP contribution < -0.4 is 10.6 Å². The third-order valence-electron chi connectivity index (χ3n) is 5.20. The van der Waals surface area contributed by atoms with Crippen molar-refractivity contribution in [2.75, 3.05) is 19.7 Å². The maximum atomic E-state index is 5.97. The zero-order valence-corrected chi connectivity index (χ0v) is 19.5. The van der Waals surface area contributed by atoms with Crippen LogP contribution in [0.3, 0.4) is 0 Å². The van der Waals surface area contributed by atoms with Crippen molar-refractivity contribution in [1.82, 2.24) is 10.6 Å². The first kappa shape index (κ1) is 23.5. The molecule has 1 atom stereocenters. The molecule has 7 heteroatoms. The first-order valence-electron chi connectivity index (χ1n) is 10.5. The Morgan fingerprint density at radius 1 is 1.25 bits per heavy atom. The third-order valence-corrected chi connectivity index (χ3v) is 5.20. The molecule has 0 aromatic carbocycles. The Kier molecular flexibility index (Phi) is 10.6. The summed E-state index contributed by atoms with van der Waals surface area (Å²) in [4.78, 5) is 4.79. The van der Waals surface area contributed by atoms with Gasteiger partial charge in [0.05, 0.1) is 31.1 Å². The van der Waals surface area contributed by atoms with Gasteiger partial charge in [0, 0.05) is 25.6 Å². The number of furan rings is 1. The summed E-state index contributed by atoms with van der Waals surface area (Å²) >= 11 is 0. The van der Waals surface area contributed by atoms with Gasteiger partial charge in [0.2, 0.25) is 0 Å². The SMILES string of the molecule is CC(C)OC1CCC(NC(=NCC2CCCO2)NCCc2ccco2)CC1.I. The van der Waals surface area contributed by atoms with Crippen LogP contribution in [0.25, 0.3) is 0 Å². The molecule has 2 N–H and O–H groups in total. The Labute approximate surface area is 186 Å². The Balaban J connectivity index is 0.00000280. The van der Waals surface area contributed by atoms with Gasteiger partial charge in [-0.3, -0.25) is 4.99 Å². The molecule has 0 bridgehead atoms. The maximum absolute atomic E-state index is 5.97. The molecule has 0 radical (unpaired) electrons. The fraction of sp³-hybridized carbons (Fsp3) is 0.762. The lowest BCUT2D eigenvalue weighted by Gasteiger charge is -2.31. The molecular formula is C21H36IN3O3. The van der Waals surface area contributed by atoms with E-state index in [9.17, 15) is 0 Å². The molecule has 28 heavy (non-hydrogen) atoms. The summed E-state index contributed by atoms with van der Waals surface area (Å²) in [5, 5.41) is 7.10. The monoisotopic (exact) mass is 505 g/mol. The minimum Gasteiger partial charge on any atom is -0.469 e. The summed E-state index contributed by atoms with van der Waals surface area (Å²) in [6.45, 7) is 6.62. The zero-order chi connectivity index (χ0) is 18.9. The van der Waals surface area contributed by atoms with Gasteiger partial charge in [-0.2, -0.15) is 0 Å². The van der Waals surface area contributed by atoms with Crippen LogP contribution >= 0.6 is 24.0 Å². The predicted molar refractivity (Wildman–Crippen MR) is 123 cm³/mol. The second-order valence-electron chi connectivity index (χ2n) is 7.88. The number of hydrogen-bond acceptors (Lipinski definition) is 4. The van der Waals surface area contributed by atoms with Crippen molar-refractivity contribution < 1.29 is 13.9 Å². The average molecular weight is 505 g/mol. The van der Waals surface area contributed by atoms with Crippen LogP contribution in [0.1, 0.15) is 58.1 Å². The van der Waals surface area contributed by atoms with Crippen molar-refractivity contribution in [3.05, 3.63) is 24.2 Å². The van der Waals surface area contributed by atoms with E-state index in [0.29, 0.717) is 18.2 Å². The van der Waals surface area contributed by atoms with Gasteiger partial charge in [0.1, 0.15) is 5.76 Å². The van der Waals surface area contributed by atoms with Crippen LogP contribution in [0.4, 0.5) is 0 Å². The van der Waals surface area contributed by atoms with Crippen LogP contribution in [-0.4, -0.2) is 50.0 Å². The van der Waals surface area contributed by atoms with Gasteiger partial charge < -0.3 is 24.5 Å². The summed E-state index contributed by atoms with van der Waals surface area (Å²) in [5.74, 6) is 1.89. The van der Waals surface area contributed by atoms with E-state index in [1.165, 1.54) is 0 Å².